The minimum Gasteiger partial charge on any atom is -0.399 e. The largest absolute Gasteiger partial charge is 0.402 e. The molecule has 0 saturated heterocycles. The molecule has 0 heterocycles. The Hall–Kier alpha value is -0.800. The average molecular weight is 333 g/mol. The molecule has 0 unspecified atom stereocenters. The maximum atomic E-state index is 11.9. The topological polar surface area (TPSA) is 72.2 Å². The average Bonchev–Trinajstić information content (AvgIpc) is 2.18. The van der Waals surface area contributed by atoms with Crippen LogP contribution in [0.1, 0.15) is 0 Å². The molecule has 0 bridgehead atoms. The molecule has 0 fully saturated rings. The molecule has 4 nitrogen and oxygen atoms in total. The first-order valence-electron chi connectivity index (χ1n) is 4.23. The van der Waals surface area contributed by atoms with Crippen LogP contribution in [0.5, 0.6) is 0 Å². The van der Waals surface area contributed by atoms with Gasteiger partial charge in [-0.2, -0.15) is 13.2 Å². The summed E-state index contributed by atoms with van der Waals surface area (Å²) < 4.78 is 60.5. The first-order valence-corrected chi connectivity index (χ1v) is 6.51. The fourth-order valence-electron chi connectivity index (χ4n) is 0.980. The van der Waals surface area contributed by atoms with Crippen LogP contribution in [-0.4, -0.2) is 21.1 Å². The van der Waals surface area contributed by atoms with Gasteiger partial charge in [0.2, 0.25) is 10.0 Å². The SMILES string of the molecule is Nc1ccc(Br)c(S(=O)(=O)NCC(F)(F)F)c1. The van der Waals surface area contributed by atoms with Crippen molar-refractivity contribution in [3.8, 4) is 0 Å². The number of nitrogen functional groups attached to an aromatic ring is 1. The summed E-state index contributed by atoms with van der Waals surface area (Å²) in [6.45, 7) is -1.63. The van der Waals surface area contributed by atoms with Crippen molar-refractivity contribution in [3.05, 3.63) is 22.7 Å². The van der Waals surface area contributed by atoms with Crippen LogP contribution in [0.15, 0.2) is 27.6 Å². The zero-order valence-electron chi connectivity index (χ0n) is 8.25. The van der Waals surface area contributed by atoms with Crippen molar-refractivity contribution in [3.63, 3.8) is 0 Å². The Morgan fingerprint density at radius 1 is 1.35 bits per heavy atom. The lowest BCUT2D eigenvalue weighted by molar-refractivity contribution is -0.121. The van der Waals surface area contributed by atoms with E-state index in [1.54, 1.807) is 0 Å². The highest BCUT2D eigenvalue weighted by molar-refractivity contribution is 9.10. The quantitative estimate of drug-likeness (QED) is 0.830. The Morgan fingerprint density at radius 2 is 1.94 bits per heavy atom. The van der Waals surface area contributed by atoms with Gasteiger partial charge in [-0.25, -0.2) is 13.1 Å². The van der Waals surface area contributed by atoms with E-state index in [0.717, 1.165) is 6.07 Å². The third kappa shape index (κ3) is 4.17. The van der Waals surface area contributed by atoms with Crippen LogP contribution in [0.4, 0.5) is 18.9 Å². The molecule has 0 saturated carbocycles. The molecular weight excluding hydrogens is 325 g/mol. The van der Waals surface area contributed by atoms with Crippen LogP contribution in [0.2, 0.25) is 0 Å². The zero-order chi connectivity index (χ0) is 13.3. The number of hydrogen-bond acceptors (Lipinski definition) is 3. The second-order valence-electron chi connectivity index (χ2n) is 3.13. The van der Waals surface area contributed by atoms with E-state index in [1.165, 1.54) is 16.9 Å². The van der Waals surface area contributed by atoms with Crippen molar-refractivity contribution >= 4 is 31.6 Å². The maximum Gasteiger partial charge on any atom is 0.402 e. The van der Waals surface area contributed by atoms with E-state index in [4.69, 9.17) is 5.73 Å². The number of alkyl halides is 3. The van der Waals surface area contributed by atoms with Gasteiger partial charge >= 0.3 is 6.18 Å². The molecule has 0 atom stereocenters. The van der Waals surface area contributed by atoms with Crippen molar-refractivity contribution in [2.24, 2.45) is 0 Å². The van der Waals surface area contributed by atoms with Gasteiger partial charge in [0.15, 0.2) is 0 Å². The number of halogens is 4. The molecule has 0 spiro atoms. The van der Waals surface area contributed by atoms with Gasteiger partial charge in [0, 0.05) is 10.2 Å². The van der Waals surface area contributed by atoms with E-state index in [1.807, 2.05) is 0 Å². The first-order chi connectivity index (χ1) is 7.62. The standard InChI is InChI=1S/C8H8BrF3N2O2S/c9-6-2-1-5(13)3-7(6)17(15,16)14-4-8(10,11)12/h1-3,14H,4,13H2. The molecular formula is C8H8BrF3N2O2S. The molecule has 17 heavy (non-hydrogen) atoms. The van der Waals surface area contributed by atoms with Crippen LogP contribution >= 0.6 is 15.9 Å². The highest BCUT2D eigenvalue weighted by atomic mass is 79.9. The fraction of sp³-hybridized carbons (Fsp3) is 0.250. The number of rotatable bonds is 3. The van der Waals surface area contributed by atoms with Gasteiger partial charge in [0.05, 0.1) is 4.90 Å². The lowest BCUT2D eigenvalue weighted by Crippen LogP contribution is -2.33. The van der Waals surface area contributed by atoms with Gasteiger partial charge in [0.1, 0.15) is 6.54 Å². The summed E-state index contributed by atoms with van der Waals surface area (Å²) in [4.78, 5) is -0.332. The second-order valence-corrected chi connectivity index (χ2v) is 5.72. The summed E-state index contributed by atoms with van der Waals surface area (Å²) in [6.07, 6.45) is -4.61. The molecule has 1 aromatic carbocycles. The summed E-state index contributed by atoms with van der Waals surface area (Å²) in [6, 6.07) is 3.84. The molecule has 0 aliphatic carbocycles. The van der Waals surface area contributed by atoms with Gasteiger partial charge in [-0.15, -0.1) is 0 Å². The molecule has 3 N–H and O–H groups in total. The monoisotopic (exact) mass is 332 g/mol. The van der Waals surface area contributed by atoms with E-state index < -0.39 is 22.7 Å². The second kappa shape index (κ2) is 4.83. The van der Waals surface area contributed by atoms with Gasteiger partial charge in [0.25, 0.3) is 0 Å². The fourth-order valence-corrected chi connectivity index (χ4v) is 2.99. The van der Waals surface area contributed by atoms with E-state index in [-0.39, 0.29) is 15.1 Å². The smallest absolute Gasteiger partial charge is 0.399 e. The summed E-state index contributed by atoms with van der Waals surface area (Å²) in [5.74, 6) is 0. The molecule has 96 valence electrons. The van der Waals surface area contributed by atoms with Crippen LogP contribution in [0, 0.1) is 0 Å². The van der Waals surface area contributed by atoms with Crippen molar-refractivity contribution in [1.29, 1.82) is 0 Å². The zero-order valence-corrected chi connectivity index (χ0v) is 10.7. The maximum absolute atomic E-state index is 11.9. The summed E-state index contributed by atoms with van der Waals surface area (Å²) >= 11 is 2.93. The van der Waals surface area contributed by atoms with Gasteiger partial charge in [-0.3, -0.25) is 0 Å². The van der Waals surface area contributed by atoms with Gasteiger partial charge in [-0.1, -0.05) is 0 Å². The third-order valence-corrected chi connectivity index (χ3v) is 4.10. The lowest BCUT2D eigenvalue weighted by atomic mass is 10.3. The third-order valence-electron chi connectivity index (χ3n) is 1.71. The van der Waals surface area contributed by atoms with Crippen molar-refractivity contribution in [1.82, 2.24) is 4.72 Å². The minimum atomic E-state index is -4.61. The van der Waals surface area contributed by atoms with E-state index in [9.17, 15) is 21.6 Å². The number of anilines is 1. The number of hydrogen-bond donors (Lipinski definition) is 2. The predicted molar refractivity (Wildman–Crippen MR) is 59.8 cm³/mol. The number of nitrogens with two attached hydrogens (primary N) is 1. The molecule has 1 rings (SSSR count). The van der Waals surface area contributed by atoms with E-state index >= 15 is 0 Å². The lowest BCUT2D eigenvalue weighted by Gasteiger charge is -2.10. The Bertz CT molecular complexity index is 516. The van der Waals surface area contributed by atoms with Crippen molar-refractivity contribution in [2.45, 2.75) is 11.1 Å². The molecule has 1 aromatic rings. The van der Waals surface area contributed by atoms with Crippen LogP contribution in [0.3, 0.4) is 0 Å². The predicted octanol–water partition coefficient (Wildman–Crippen LogP) is 1.87. The minimum absolute atomic E-state index is 0.139. The van der Waals surface area contributed by atoms with E-state index in [0.29, 0.717) is 0 Å². The van der Waals surface area contributed by atoms with Crippen LogP contribution < -0.4 is 10.5 Å². The van der Waals surface area contributed by atoms with Crippen molar-refractivity contribution in [2.75, 3.05) is 12.3 Å². The first kappa shape index (κ1) is 14.3. The Kier molecular flexibility index (Phi) is 4.05. The molecule has 9 heteroatoms. The normalized spacial score (nSPS) is 12.7. The van der Waals surface area contributed by atoms with Crippen LogP contribution in [0.25, 0.3) is 0 Å². The Balaban J connectivity index is 3.02. The highest BCUT2D eigenvalue weighted by Crippen LogP contribution is 2.24. The number of sulfonamides is 1. The van der Waals surface area contributed by atoms with Gasteiger partial charge < -0.3 is 5.73 Å². The van der Waals surface area contributed by atoms with E-state index in [2.05, 4.69) is 15.9 Å². The molecule has 0 amide bonds. The Labute approximate surface area is 104 Å². The number of nitrogens with one attached hydrogen (secondary N) is 1. The Morgan fingerprint density at radius 3 is 2.47 bits per heavy atom. The highest BCUT2D eigenvalue weighted by Gasteiger charge is 2.30. The summed E-state index contributed by atoms with van der Waals surface area (Å²) in [5.41, 5.74) is 5.51. The molecule has 0 aromatic heterocycles. The van der Waals surface area contributed by atoms with Crippen molar-refractivity contribution < 1.29 is 21.6 Å². The number of benzene rings is 1. The molecule has 0 aliphatic rings. The van der Waals surface area contributed by atoms with Crippen LogP contribution in [-0.2, 0) is 10.0 Å². The summed E-state index contributed by atoms with van der Waals surface area (Å²) in [5, 5.41) is 0. The molecule has 0 radical (unpaired) electrons. The summed E-state index contributed by atoms with van der Waals surface area (Å²) in [7, 11) is -4.24. The van der Waals surface area contributed by atoms with Gasteiger partial charge in [-0.05, 0) is 34.1 Å². The molecule has 0 aliphatic heterocycles.